The summed E-state index contributed by atoms with van der Waals surface area (Å²) in [6.45, 7) is 0. The van der Waals surface area contributed by atoms with E-state index in [-0.39, 0.29) is 0 Å². The van der Waals surface area contributed by atoms with Crippen molar-refractivity contribution < 1.29 is 0 Å². The number of para-hydroxylation sites is 2. The monoisotopic (exact) mass is 1820 g/mol. The highest BCUT2D eigenvalue weighted by molar-refractivity contribution is 7.22. The molecule has 20 heteroatoms. The molecule has 0 bridgehead atoms. The van der Waals surface area contributed by atoms with Crippen LogP contribution in [0.2, 0.25) is 0 Å². The summed E-state index contributed by atoms with van der Waals surface area (Å²) in [7, 11) is 0. The van der Waals surface area contributed by atoms with Gasteiger partial charge in [0.2, 0.25) is 0 Å². The van der Waals surface area contributed by atoms with E-state index < -0.39 is 0 Å². The Kier molecular flexibility index (Phi) is 20.6. The average Bonchev–Trinajstić information content (AvgIpc) is 1.60. The van der Waals surface area contributed by atoms with Gasteiger partial charge < -0.3 is 9.13 Å². The molecule has 0 atom stereocenters. The Balaban J connectivity index is 0.0000000979. The van der Waals surface area contributed by atoms with Gasteiger partial charge in [-0.25, -0.2) is 29.9 Å². The smallest absolute Gasteiger partial charge is 0.145 e. The van der Waals surface area contributed by atoms with Gasteiger partial charge in [0.25, 0.3) is 0 Å². The predicted molar refractivity (Wildman–Crippen MR) is 562 cm³/mol. The molecule has 16 heterocycles. The summed E-state index contributed by atoms with van der Waals surface area (Å²) in [5, 5.41) is 13.5. The van der Waals surface area contributed by atoms with Crippen LogP contribution in [-0.2, 0) is 0 Å². The highest BCUT2D eigenvalue weighted by Gasteiger charge is 2.22. The van der Waals surface area contributed by atoms with Gasteiger partial charge in [-0.05, 0) is 226 Å². The van der Waals surface area contributed by atoms with Gasteiger partial charge in [-0.2, -0.15) is 0 Å². The molecule has 0 N–H and O–H groups in total. The Bertz CT molecular complexity index is 8380. The molecule has 0 saturated heterocycles. The zero-order valence-electron chi connectivity index (χ0n) is 72.4. The molecule has 0 saturated carbocycles. The van der Waals surface area contributed by atoms with Crippen LogP contribution in [0.3, 0.4) is 0 Å². The molecular formula is C116H72N16S4. The fraction of sp³-hybridized carbons (Fsp3) is 0. The van der Waals surface area contributed by atoms with Crippen LogP contribution in [0, 0.1) is 0 Å². The number of hydrogen-bond acceptors (Lipinski definition) is 16. The number of fused-ring (bicyclic) bond motifs is 16. The van der Waals surface area contributed by atoms with Gasteiger partial charge in [0.15, 0.2) is 0 Å². The van der Waals surface area contributed by atoms with Gasteiger partial charge >= 0.3 is 0 Å². The summed E-state index contributed by atoms with van der Waals surface area (Å²) >= 11 is 6.56. The van der Waals surface area contributed by atoms with E-state index in [2.05, 4.69) is 375 Å². The van der Waals surface area contributed by atoms with Gasteiger partial charge in [-0.15, -0.1) is 45.3 Å². The Morgan fingerprint density at radius 3 is 0.801 bits per heavy atom. The third-order valence-electron chi connectivity index (χ3n) is 24.8. The van der Waals surface area contributed by atoms with Crippen molar-refractivity contribution in [1.29, 1.82) is 0 Å². The lowest BCUT2D eigenvalue weighted by Crippen LogP contribution is -1.96. The van der Waals surface area contributed by atoms with E-state index in [9.17, 15) is 0 Å². The normalized spacial score (nSPS) is 11.5. The van der Waals surface area contributed by atoms with Crippen LogP contribution in [0.15, 0.2) is 438 Å². The fourth-order valence-corrected chi connectivity index (χ4v) is 22.0. The van der Waals surface area contributed by atoms with E-state index in [1.807, 2.05) is 92.0 Å². The van der Waals surface area contributed by atoms with Crippen molar-refractivity contribution in [1.82, 2.24) is 78.1 Å². The molecule has 28 rings (SSSR count). The lowest BCUT2D eigenvalue weighted by molar-refractivity contribution is 1.11. The zero-order valence-corrected chi connectivity index (χ0v) is 75.6. The molecule has 640 valence electrons. The molecule has 12 aromatic carbocycles. The largest absolute Gasteiger partial charge is 0.309 e. The minimum atomic E-state index is 0.860. The van der Waals surface area contributed by atoms with Gasteiger partial charge in [-0.3, -0.25) is 39.0 Å². The molecule has 0 aliphatic rings. The molecule has 16 nitrogen and oxygen atoms in total. The summed E-state index contributed by atoms with van der Waals surface area (Å²) in [5.41, 5.74) is 30.7. The number of aromatic nitrogens is 16. The van der Waals surface area contributed by atoms with Crippen LogP contribution < -0.4 is 0 Å². The van der Waals surface area contributed by atoms with Crippen LogP contribution in [0.5, 0.6) is 0 Å². The summed E-state index contributed by atoms with van der Waals surface area (Å²) in [5.74, 6) is 0. The number of rotatable bonds is 12. The average molecular weight is 1820 g/mol. The lowest BCUT2D eigenvalue weighted by Gasteiger charge is -2.09. The summed E-state index contributed by atoms with van der Waals surface area (Å²) < 4.78 is 13.4. The highest BCUT2D eigenvalue weighted by Crippen LogP contribution is 2.44. The Labute approximate surface area is 793 Å². The molecule has 0 unspecified atom stereocenters. The van der Waals surface area contributed by atoms with E-state index in [0.717, 1.165) is 145 Å². The first-order valence-corrected chi connectivity index (χ1v) is 47.7. The Morgan fingerprint density at radius 1 is 0.176 bits per heavy atom. The molecule has 16 aromatic heterocycles. The standard InChI is InChI=1S/C36H23N3S.C35H22N4S.C23H14N4S.C22H13N5S/c1-3-7-24(8-4-1)27-13-17-33-30(21-27)31-22-28(25-9-5-2-6-10-25)14-18-34(31)39(33)29-15-11-26(12-16-29)36-38-32-19-20-37-23-35(32)40-36;1-3-7-23(8-4-1)25-11-15-32-28(19-25)29-20-26(24-9-5-2-6-10-24)12-16-33(29)39(32)27-13-14-31(37-21-27)35-38-30-17-18-36-22-34(30)40-35;1-2-6-20-17(4-1)18-5-3-12-25-22(18)27(20)16-9-7-15(8-10-16)23-26-19-11-13-24-14-21(19)28-23;1-2-6-19-15(4-1)16-5-3-10-24-21(16)27(19)14-7-8-18(25-12-14)22-26-17-9-11-23-13-20(17)28-22/h1-23H;1-22H;1-14H;1-13H. The van der Waals surface area contributed by atoms with Crippen molar-refractivity contribution in [2.75, 3.05) is 0 Å². The van der Waals surface area contributed by atoms with E-state index in [1.165, 1.54) is 93.2 Å². The van der Waals surface area contributed by atoms with Crippen LogP contribution in [-0.4, -0.2) is 78.1 Å². The number of nitrogens with zero attached hydrogens (tertiary/aromatic N) is 16. The van der Waals surface area contributed by atoms with Crippen molar-refractivity contribution in [2.24, 2.45) is 0 Å². The van der Waals surface area contributed by atoms with Gasteiger partial charge in [0.05, 0.1) is 109 Å². The zero-order chi connectivity index (χ0) is 89.9. The third-order valence-corrected chi connectivity index (χ3v) is 29.0. The number of thiazole rings is 4. The number of benzene rings is 12. The second kappa shape index (κ2) is 34.7. The maximum Gasteiger partial charge on any atom is 0.145 e. The summed E-state index contributed by atoms with van der Waals surface area (Å²) in [6.07, 6.45) is 22.1. The second-order valence-electron chi connectivity index (χ2n) is 32.9. The molecule has 0 fully saturated rings. The van der Waals surface area contributed by atoms with Crippen molar-refractivity contribution in [3.63, 3.8) is 0 Å². The molecule has 0 radical (unpaired) electrons. The molecule has 0 aliphatic heterocycles. The number of pyridine rings is 8. The number of hydrogen-bond donors (Lipinski definition) is 0. The van der Waals surface area contributed by atoms with Crippen LogP contribution >= 0.6 is 45.3 Å². The first-order chi connectivity index (χ1) is 67.4. The van der Waals surface area contributed by atoms with Crippen molar-refractivity contribution >= 4 is 174 Å². The summed E-state index contributed by atoms with van der Waals surface area (Å²) in [6, 6.07) is 128. The first-order valence-electron chi connectivity index (χ1n) is 44.4. The van der Waals surface area contributed by atoms with Gasteiger partial charge in [0.1, 0.15) is 31.3 Å². The molecule has 0 amide bonds. The van der Waals surface area contributed by atoms with Crippen LogP contribution in [0.4, 0.5) is 0 Å². The van der Waals surface area contributed by atoms with Crippen molar-refractivity contribution in [3.8, 4) is 110 Å². The van der Waals surface area contributed by atoms with Crippen molar-refractivity contribution in [3.05, 3.63) is 438 Å². The van der Waals surface area contributed by atoms with Crippen molar-refractivity contribution in [2.45, 2.75) is 0 Å². The molecule has 0 aliphatic carbocycles. The topological polar surface area (TPSA) is 174 Å². The van der Waals surface area contributed by atoms with E-state index in [1.54, 1.807) is 70.1 Å². The van der Waals surface area contributed by atoms with E-state index in [4.69, 9.17) is 24.9 Å². The Morgan fingerprint density at radius 2 is 0.456 bits per heavy atom. The van der Waals surface area contributed by atoms with Gasteiger partial charge in [-0.1, -0.05) is 182 Å². The second-order valence-corrected chi connectivity index (χ2v) is 37.0. The molecular weight excluding hydrogens is 1750 g/mol. The maximum absolute atomic E-state index is 4.85. The minimum absolute atomic E-state index is 0.860. The maximum atomic E-state index is 4.85. The van der Waals surface area contributed by atoms with Crippen LogP contribution in [0.25, 0.3) is 238 Å². The highest BCUT2D eigenvalue weighted by atomic mass is 32.1. The predicted octanol–water partition coefficient (Wildman–Crippen LogP) is 30.1. The SMILES string of the molecule is c1ccc(-c2ccc3c(c2)c2cc(-c4ccccc4)ccc2n3-c2ccc(-c3nc4ccncc4s3)cc2)cc1.c1ccc(-c2ccc3c(c2)c2cc(-c4ccccc4)ccc2n3-c2ccc(-c3nc4ccncc4s3)nc2)cc1.c1ccc2c(c1)c1cccnc1n2-c1ccc(-c2nc3ccncc3s2)cc1.c1ccc2c(c1)c1cccnc1n2-c1ccc(-c2nc3ccncc3s2)nc1. The lowest BCUT2D eigenvalue weighted by atomic mass is 10.0. The Hall–Kier alpha value is -17.4. The quantitative estimate of drug-likeness (QED) is 0.113. The third kappa shape index (κ3) is 15.0. The van der Waals surface area contributed by atoms with Gasteiger partial charge in [0, 0.05) is 128 Å². The fourth-order valence-electron chi connectivity index (χ4n) is 18.3. The molecule has 28 aromatic rings. The minimum Gasteiger partial charge on any atom is -0.309 e. The van der Waals surface area contributed by atoms with E-state index in [0.29, 0.717) is 0 Å². The summed E-state index contributed by atoms with van der Waals surface area (Å²) in [4.78, 5) is 54.6. The molecule has 136 heavy (non-hydrogen) atoms. The first kappa shape index (κ1) is 80.7. The molecule has 0 spiro atoms. The van der Waals surface area contributed by atoms with Crippen LogP contribution in [0.1, 0.15) is 0 Å². The van der Waals surface area contributed by atoms with E-state index >= 15 is 0 Å².